The molecule has 0 aliphatic carbocycles. The van der Waals surface area contributed by atoms with Crippen LogP contribution in [0.5, 0.6) is 0 Å². The third kappa shape index (κ3) is 58.1. The Bertz CT molecular complexity index is 1230. The first kappa shape index (κ1) is 68.4. The van der Waals surface area contributed by atoms with E-state index in [9.17, 15) is 14.4 Å². The summed E-state index contributed by atoms with van der Waals surface area (Å²) >= 11 is 0. The van der Waals surface area contributed by atoms with E-state index >= 15 is 0 Å². The van der Waals surface area contributed by atoms with Crippen molar-refractivity contribution >= 4 is 17.9 Å². The largest absolute Gasteiger partial charge is 0.462 e. The van der Waals surface area contributed by atoms with Gasteiger partial charge in [0.15, 0.2) is 6.10 Å². The Balaban J connectivity index is 4.19. The molecule has 0 aliphatic heterocycles. The van der Waals surface area contributed by atoms with Gasteiger partial charge in [-0.05, 0) is 103 Å². The van der Waals surface area contributed by atoms with Crippen LogP contribution in [-0.4, -0.2) is 37.2 Å². The van der Waals surface area contributed by atoms with Crippen LogP contribution in [0, 0.1) is 0 Å². The minimum atomic E-state index is -0.779. The molecule has 0 fully saturated rings. The average Bonchev–Trinajstić information content (AvgIpc) is 3.37. The van der Waals surface area contributed by atoms with Crippen LogP contribution < -0.4 is 0 Å². The van der Waals surface area contributed by atoms with Crippen LogP contribution in [0.25, 0.3) is 0 Å². The van der Waals surface area contributed by atoms with Crippen molar-refractivity contribution in [3.8, 4) is 0 Å². The Morgan fingerprint density at radius 2 is 0.507 bits per heavy atom. The van der Waals surface area contributed by atoms with E-state index in [0.29, 0.717) is 19.3 Å². The number of hydrogen-bond acceptors (Lipinski definition) is 6. The Labute approximate surface area is 441 Å². The van der Waals surface area contributed by atoms with E-state index in [1.165, 1.54) is 212 Å². The zero-order valence-corrected chi connectivity index (χ0v) is 47.5. The lowest BCUT2D eigenvalue weighted by molar-refractivity contribution is -0.167. The molecule has 6 nitrogen and oxygen atoms in total. The zero-order valence-electron chi connectivity index (χ0n) is 47.5. The van der Waals surface area contributed by atoms with Crippen molar-refractivity contribution in [1.82, 2.24) is 0 Å². The average molecular weight is 996 g/mol. The van der Waals surface area contributed by atoms with Gasteiger partial charge >= 0.3 is 17.9 Å². The van der Waals surface area contributed by atoms with Gasteiger partial charge in [0.1, 0.15) is 13.2 Å². The molecule has 6 heteroatoms. The highest BCUT2D eigenvalue weighted by Crippen LogP contribution is 2.16. The summed E-state index contributed by atoms with van der Waals surface area (Å²) in [6.45, 7) is 6.62. The van der Waals surface area contributed by atoms with Gasteiger partial charge in [-0.25, -0.2) is 0 Å². The Hall–Kier alpha value is -2.63. The van der Waals surface area contributed by atoms with Crippen LogP contribution in [0.1, 0.15) is 329 Å². The number of allylic oxidation sites excluding steroid dienone is 8. The van der Waals surface area contributed by atoms with E-state index in [0.717, 1.165) is 77.0 Å². The van der Waals surface area contributed by atoms with Gasteiger partial charge in [-0.15, -0.1) is 0 Å². The number of carbonyl (C=O) groups is 3. The van der Waals surface area contributed by atoms with Gasteiger partial charge in [-0.1, -0.05) is 256 Å². The molecule has 71 heavy (non-hydrogen) atoms. The first-order valence-corrected chi connectivity index (χ1v) is 31.1. The number of esters is 3. The summed E-state index contributed by atoms with van der Waals surface area (Å²) in [6, 6.07) is 0. The first-order valence-electron chi connectivity index (χ1n) is 31.1. The van der Waals surface area contributed by atoms with Gasteiger partial charge in [-0.2, -0.15) is 0 Å². The van der Waals surface area contributed by atoms with Crippen LogP contribution >= 0.6 is 0 Å². The normalized spacial score (nSPS) is 12.3. The molecule has 0 saturated heterocycles. The van der Waals surface area contributed by atoms with Crippen molar-refractivity contribution in [2.75, 3.05) is 13.2 Å². The molecule has 0 heterocycles. The molecule has 0 aromatic carbocycles. The molecular weight excluding hydrogens is 877 g/mol. The highest BCUT2D eigenvalue weighted by molar-refractivity contribution is 5.71. The molecule has 0 spiro atoms. The second-order valence-corrected chi connectivity index (χ2v) is 21.0. The van der Waals surface area contributed by atoms with Crippen LogP contribution in [0.3, 0.4) is 0 Å². The molecular formula is C65H118O6. The first-order chi connectivity index (χ1) is 35.0. The summed E-state index contributed by atoms with van der Waals surface area (Å²) < 4.78 is 16.9. The quantitative estimate of drug-likeness (QED) is 0.0261. The molecule has 0 aromatic heterocycles. The predicted octanol–water partition coefficient (Wildman–Crippen LogP) is 21.0. The molecule has 1 unspecified atom stereocenters. The van der Waals surface area contributed by atoms with Crippen LogP contribution in [-0.2, 0) is 28.6 Å². The Morgan fingerprint density at radius 3 is 0.817 bits per heavy atom. The number of ether oxygens (including phenoxy) is 3. The second kappa shape index (κ2) is 59.9. The van der Waals surface area contributed by atoms with E-state index in [1.54, 1.807) is 0 Å². The summed E-state index contributed by atoms with van der Waals surface area (Å²) in [6.07, 6.45) is 74.1. The summed E-state index contributed by atoms with van der Waals surface area (Å²) in [4.78, 5) is 38.2. The Kier molecular flexibility index (Phi) is 57.7. The topological polar surface area (TPSA) is 78.9 Å². The fourth-order valence-corrected chi connectivity index (χ4v) is 9.05. The monoisotopic (exact) mass is 995 g/mol. The Morgan fingerprint density at radius 1 is 0.282 bits per heavy atom. The van der Waals surface area contributed by atoms with E-state index < -0.39 is 6.10 Å². The molecule has 414 valence electrons. The molecule has 0 rings (SSSR count). The molecule has 0 saturated carbocycles. The summed E-state index contributed by atoms with van der Waals surface area (Å²) in [5.41, 5.74) is 0. The number of rotatable bonds is 57. The number of carbonyl (C=O) groups excluding carboxylic acids is 3. The van der Waals surface area contributed by atoms with Gasteiger partial charge in [0.05, 0.1) is 0 Å². The minimum absolute atomic E-state index is 0.0766. The van der Waals surface area contributed by atoms with Gasteiger partial charge in [0.2, 0.25) is 0 Å². The molecule has 0 radical (unpaired) electrons. The highest BCUT2D eigenvalue weighted by atomic mass is 16.6. The fourth-order valence-electron chi connectivity index (χ4n) is 9.05. The van der Waals surface area contributed by atoms with Crippen LogP contribution in [0.15, 0.2) is 48.6 Å². The highest BCUT2D eigenvalue weighted by Gasteiger charge is 2.19. The molecule has 0 bridgehead atoms. The lowest BCUT2D eigenvalue weighted by Crippen LogP contribution is -2.30. The van der Waals surface area contributed by atoms with Crippen molar-refractivity contribution in [2.45, 2.75) is 335 Å². The maximum absolute atomic E-state index is 12.8. The van der Waals surface area contributed by atoms with Gasteiger partial charge in [0.25, 0.3) is 0 Å². The van der Waals surface area contributed by atoms with Crippen molar-refractivity contribution < 1.29 is 28.6 Å². The maximum atomic E-state index is 12.8. The van der Waals surface area contributed by atoms with Crippen molar-refractivity contribution in [1.29, 1.82) is 0 Å². The van der Waals surface area contributed by atoms with E-state index in [4.69, 9.17) is 14.2 Å². The van der Waals surface area contributed by atoms with Gasteiger partial charge in [-0.3, -0.25) is 14.4 Å². The van der Waals surface area contributed by atoms with Crippen LogP contribution in [0.4, 0.5) is 0 Å². The van der Waals surface area contributed by atoms with Crippen molar-refractivity contribution in [3.05, 3.63) is 48.6 Å². The third-order valence-electron chi connectivity index (χ3n) is 13.8. The summed E-state index contributed by atoms with van der Waals surface area (Å²) in [7, 11) is 0. The smallest absolute Gasteiger partial charge is 0.306 e. The zero-order chi connectivity index (χ0) is 51.4. The summed E-state index contributed by atoms with van der Waals surface area (Å²) in [5, 5.41) is 0. The molecule has 0 amide bonds. The SMILES string of the molecule is CCCCC/C=C\CCCCCCCC(=O)OCC(COC(=O)CCCCCCCCCCCCCCCCC/C=C\C/C=C\CCCCCCC)OC(=O)CCCCCCC/C=C\CCCCCCC. The van der Waals surface area contributed by atoms with E-state index in [1.807, 2.05) is 0 Å². The molecule has 0 aliphatic rings. The lowest BCUT2D eigenvalue weighted by Gasteiger charge is -2.18. The molecule has 0 N–H and O–H groups in total. The van der Waals surface area contributed by atoms with Gasteiger partial charge < -0.3 is 14.2 Å². The molecule has 0 aromatic rings. The predicted molar refractivity (Wildman–Crippen MR) is 307 cm³/mol. The van der Waals surface area contributed by atoms with E-state index in [-0.39, 0.29) is 31.1 Å². The second-order valence-electron chi connectivity index (χ2n) is 21.0. The van der Waals surface area contributed by atoms with E-state index in [2.05, 4.69) is 69.4 Å². The third-order valence-corrected chi connectivity index (χ3v) is 13.8. The van der Waals surface area contributed by atoms with Crippen LogP contribution in [0.2, 0.25) is 0 Å². The van der Waals surface area contributed by atoms with Crippen molar-refractivity contribution in [3.63, 3.8) is 0 Å². The van der Waals surface area contributed by atoms with Gasteiger partial charge in [0, 0.05) is 19.3 Å². The number of unbranched alkanes of at least 4 members (excludes halogenated alkanes) is 38. The lowest BCUT2D eigenvalue weighted by atomic mass is 10.0. The summed E-state index contributed by atoms with van der Waals surface area (Å²) in [5.74, 6) is -0.880. The molecule has 1 atom stereocenters. The minimum Gasteiger partial charge on any atom is -0.462 e. The fraction of sp³-hybridized carbons (Fsp3) is 0.831. The standard InChI is InChI=1S/C65H118O6/c1-4-7-10-13-16-19-22-25-27-28-29-30-31-32-33-34-35-36-37-38-39-41-43-46-49-52-55-58-64(67)70-61-62(60-69-63(66)57-54-51-48-45-42-24-21-18-15-12-9-6-3)71-65(68)59-56-53-50-47-44-40-26-23-20-17-14-11-8-5-2/h18,21-23,25-26,28-29,62H,4-17,19-20,24,27,30-61H2,1-3H3/b21-18-,25-22-,26-23-,29-28-. The van der Waals surface area contributed by atoms with Crippen molar-refractivity contribution in [2.24, 2.45) is 0 Å². The number of hydrogen-bond donors (Lipinski definition) is 0. The maximum Gasteiger partial charge on any atom is 0.306 e.